The molecule has 0 aliphatic rings. The molecule has 88 valence electrons. The first-order valence-corrected chi connectivity index (χ1v) is 5.36. The molecular weight excluding hydrogens is 194 g/mol. The third-order valence-electron chi connectivity index (χ3n) is 2.12. The molecule has 0 aromatic rings. The summed E-state index contributed by atoms with van der Waals surface area (Å²) in [7, 11) is 1.57. The number of nitrogens with two attached hydrogens (primary N) is 1. The Hall–Kier alpha value is -1.10. The zero-order valence-corrected chi connectivity index (χ0v) is 9.51. The van der Waals surface area contributed by atoms with Gasteiger partial charge in [0.1, 0.15) is 6.04 Å². The Morgan fingerprint density at radius 1 is 1.40 bits per heavy atom. The average molecular weight is 215 g/mol. The first-order valence-electron chi connectivity index (χ1n) is 5.36. The van der Waals surface area contributed by atoms with Crippen molar-refractivity contribution >= 4 is 11.8 Å². The number of amides is 2. The summed E-state index contributed by atoms with van der Waals surface area (Å²) >= 11 is 0. The number of nitrogens with one attached hydrogen (secondary N) is 2. The average Bonchev–Trinajstić information content (AvgIpc) is 2.23. The minimum atomic E-state index is -0.422. The van der Waals surface area contributed by atoms with E-state index in [1.807, 2.05) is 6.92 Å². The van der Waals surface area contributed by atoms with Crippen molar-refractivity contribution in [3.05, 3.63) is 0 Å². The van der Waals surface area contributed by atoms with Crippen molar-refractivity contribution in [2.24, 2.45) is 5.73 Å². The van der Waals surface area contributed by atoms with Crippen molar-refractivity contribution in [2.45, 2.75) is 38.6 Å². The summed E-state index contributed by atoms with van der Waals surface area (Å²) in [4.78, 5) is 22.7. The van der Waals surface area contributed by atoms with Gasteiger partial charge in [0.05, 0.1) is 0 Å². The van der Waals surface area contributed by atoms with Gasteiger partial charge in [-0.15, -0.1) is 0 Å². The molecule has 0 heterocycles. The summed E-state index contributed by atoms with van der Waals surface area (Å²) < 4.78 is 0. The molecule has 1 unspecified atom stereocenters. The Labute approximate surface area is 90.8 Å². The molecule has 0 aliphatic heterocycles. The fourth-order valence-electron chi connectivity index (χ4n) is 1.25. The van der Waals surface area contributed by atoms with Crippen molar-refractivity contribution < 1.29 is 9.59 Å². The van der Waals surface area contributed by atoms with Crippen LogP contribution in [0.4, 0.5) is 0 Å². The lowest BCUT2D eigenvalue weighted by atomic mass is 10.1. The van der Waals surface area contributed by atoms with Crippen LogP contribution in [-0.2, 0) is 9.59 Å². The van der Waals surface area contributed by atoms with E-state index in [1.54, 1.807) is 7.05 Å². The maximum atomic E-state index is 11.4. The lowest BCUT2D eigenvalue weighted by molar-refractivity contribution is -0.128. The molecule has 5 nitrogen and oxygen atoms in total. The van der Waals surface area contributed by atoms with E-state index in [-0.39, 0.29) is 18.2 Å². The first kappa shape index (κ1) is 13.9. The summed E-state index contributed by atoms with van der Waals surface area (Å²) in [6.07, 6.45) is 2.85. The Balaban J connectivity index is 4.11. The van der Waals surface area contributed by atoms with Gasteiger partial charge in [0.15, 0.2) is 0 Å². The fraction of sp³-hybridized carbons (Fsp3) is 0.800. The predicted octanol–water partition coefficient (Wildman–Crippen LogP) is -0.244. The highest BCUT2D eigenvalue weighted by atomic mass is 16.2. The van der Waals surface area contributed by atoms with Crippen LogP contribution in [-0.4, -0.2) is 31.4 Å². The third kappa shape index (κ3) is 6.06. The molecule has 15 heavy (non-hydrogen) atoms. The summed E-state index contributed by atoms with van der Waals surface area (Å²) in [5.74, 6) is -0.309. The number of rotatable bonds is 7. The Morgan fingerprint density at radius 2 is 2.07 bits per heavy atom. The van der Waals surface area contributed by atoms with Gasteiger partial charge < -0.3 is 16.4 Å². The highest BCUT2D eigenvalue weighted by Crippen LogP contribution is 2.01. The van der Waals surface area contributed by atoms with Crippen LogP contribution in [0.25, 0.3) is 0 Å². The van der Waals surface area contributed by atoms with Crippen LogP contribution in [0.5, 0.6) is 0 Å². The van der Waals surface area contributed by atoms with E-state index < -0.39 is 6.04 Å². The molecule has 2 amide bonds. The van der Waals surface area contributed by atoms with Crippen molar-refractivity contribution in [1.29, 1.82) is 0 Å². The van der Waals surface area contributed by atoms with Gasteiger partial charge in [0, 0.05) is 20.0 Å². The van der Waals surface area contributed by atoms with Gasteiger partial charge in [-0.3, -0.25) is 9.59 Å². The summed E-state index contributed by atoms with van der Waals surface area (Å²) in [6.45, 7) is 2.35. The van der Waals surface area contributed by atoms with E-state index in [9.17, 15) is 9.59 Å². The second kappa shape index (κ2) is 8.23. The smallest absolute Gasteiger partial charge is 0.242 e. The van der Waals surface area contributed by atoms with Gasteiger partial charge in [-0.1, -0.05) is 19.8 Å². The molecule has 0 aromatic carbocycles. The SMILES string of the molecule is CCCCC(NC(=O)CCN)C(=O)NC. The number of hydrogen-bond donors (Lipinski definition) is 3. The van der Waals surface area contributed by atoms with E-state index in [2.05, 4.69) is 10.6 Å². The lowest BCUT2D eigenvalue weighted by Crippen LogP contribution is -2.46. The minimum absolute atomic E-state index is 0.145. The van der Waals surface area contributed by atoms with E-state index in [0.717, 1.165) is 12.8 Å². The maximum absolute atomic E-state index is 11.4. The van der Waals surface area contributed by atoms with Crippen LogP contribution in [0.2, 0.25) is 0 Å². The molecule has 0 radical (unpaired) electrons. The Bertz CT molecular complexity index is 207. The van der Waals surface area contributed by atoms with Crippen molar-refractivity contribution in [2.75, 3.05) is 13.6 Å². The van der Waals surface area contributed by atoms with Gasteiger partial charge in [-0.25, -0.2) is 0 Å². The van der Waals surface area contributed by atoms with Crippen molar-refractivity contribution in [1.82, 2.24) is 10.6 Å². The number of hydrogen-bond acceptors (Lipinski definition) is 3. The maximum Gasteiger partial charge on any atom is 0.242 e. The summed E-state index contributed by atoms with van der Waals surface area (Å²) in [5, 5.41) is 5.21. The largest absolute Gasteiger partial charge is 0.357 e. The minimum Gasteiger partial charge on any atom is -0.357 e. The molecule has 0 saturated carbocycles. The van der Waals surface area contributed by atoms with E-state index in [1.165, 1.54) is 0 Å². The molecule has 0 bridgehead atoms. The van der Waals surface area contributed by atoms with E-state index in [0.29, 0.717) is 13.0 Å². The van der Waals surface area contributed by atoms with Gasteiger partial charge >= 0.3 is 0 Å². The van der Waals surface area contributed by atoms with Gasteiger partial charge in [-0.2, -0.15) is 0 Å². The molecule has 0 aromatic heterocycles. The first-order chi connectivity index (χ1) is 7.15. The van der Waals surface area contributed by atoms with Crippen LogP contribution in [0.15, 0.2) is 0 Å². The molecule has 4 N–H and O–H groups in total. The van der Waals surface area contributed by atoms with Crippen LogP contribution < -0.4 is 16.4 Å². The molecule has 0 fully saturated rings. The van der Waals surface area contributed by atoms with Crippen molar-refractivity contribution in [3.8, 4) is 0 Å². The number of likely N-dealkylation sites (N-methyl/N-ethyl adjacent to an activating group) is 1. The topological polar surface area (TPSA) is 84.2 Å². The zero-order chi connectivity index (χ0) is 11.7. The summed E-state index contributed by atoms with van der Waals surface area (Å²) in [6, 6.07) is -0.422. The van der Waals surface area contributed by atoms with Gasteiger partial charge in [0.25, 0.3) is 0 Å². The highest BCUT2D eigenvalue weighted by molar-refractivity contribution is 5.87. The van der Waals surface area contributed by atoms with Crippen LogP contribution in [0, 0.1) is 0 Å². The number of carbonyl (C=O) groups is 2. The fourth-order valence-corrected chi connectivity index (χ4v) is 1.25. The molecule has 0 spiro atoms. The monoisotopic (exact) mass is 215 g/mol. The quantitative estimate of drug-likeness (QED) is 0.548. The normalized spacial score (nSPS) is 11.9. The summed E-state index contributed by atoms with van der Waals surface area (Å²) in [5.41, 5.74) is 5.25. The van der Waals surface area contributed by atoms with Gasteiger partial charge in [0.2, 0.25) is 11.8 Å². The lowest BCUT2D eigenvalue weighted by Gasteiger charge is -2.16. The molecule has 1 atom stereocenters. The van der Waals surface area contributed by atoms with E-state index in [4.69, 9.17) is 5.73 Å². The molecule has 5 heteroatoms. The van der Waals surface area contributed by atoms with Gasteiger partial charge in [-0.05, 0) is 6.42 Å². The molecule has 0 rings (SSSR count). The van der Waals surface area contributed by atoms with E-state index >= 15 is 0 Å². The highest BCUT2D eigenvalue weighted by Gasteiger charge is 2.18. The number of unbranched alkanes of at least 4 members (excludes halogenated alkanes) is 1. The molecule has 0 aliphatic carbocycles. The molecular formula is C10H21N3O2. The van der Waals surface area contributed by atoms with Crippen molar-refractivity contribution in [3.63, 3.8) is 0 Å². The van der Waals surface area contributed by atoms with Crippen LogP contribution >= 0.6 is 0 Å². The Morgan fingerprint density at radius 3 is 2.53 bits per heavy atom. The second-order valence-electron chi connectivity index (χ2n) is 3.42. The molecule has 0 saturated heterocycles. The Kier molecular flexibility index (Phi) is 7.62. The van der Waals surface area contributed by atoms with Crippen LogP contribution in [0.3, 0.4) is 0 Å². The third-order valence-corrected chi connectivity index (χ3v) is 2.12. The predicted molar refractivity (Wildman–Crippen MR) is 59.2 cm³/mol. The second-order valence-corrected chi connectivity index (χ2v) is 3.42. The standard InChI is InChI=1S/C10H21N3O2/c1-3-4-5-8(10(15)12-2)13-9(14)6-7-11/h8H,3-7,11H2,1-2H3,(H,12,15)(H,13,14). The zero-order valence-electron chi connectivity index (χ0n) is 9.51. The van der Waals surface area contributed by atoms with Crippen LogP contribution in [0.1, 0.15) is 32.6 Å². The number of carbonyl (C=O) groups excluding carboxylic acids is 2.